The van der Waals surface area contributed by atoms with Crippen LogP contribution >= 0.6 is 0 Å². The fraction of sp³-hybridized carbons (Fsp3) is 0.808. The van der Waals surface area contributed by atoms with Crippen LogP contribution in [0.1, 0.15) is 60.8 Å². The van der Waals surface area contributed by atoms with Crippen molar-refractivity contribution in [3.63, 3.8) is 0 Å². The summed E-state index contributed by atoms with van der Waals surface area (Å²) in [6.45, 7) is 16.5. The maximum Gasteiger partial charge on any atom is 0.142 e. The number of aldehydes is 1. The number of carbonyl (C=O) groups excluding carboxylic acids is 1. The molecule has 188 valence electrons. The van der Waals surface area contributed by atoms with Crippen molar-refractivity contribution in [2.24, 2.45) is 17.8 Å². The molecule has 1 saturated carbocycles. The first kappa shape index (κ1) is 31.2. The molecule has 0 aromatic heterocycles. The van der Waals surface area contributed by atoms with Gasteiger partial charge in [0.1, 0.15) is 6.29 Å². The van der Waals surface area contributed by atoms with Crippen LogP contribution in [0.15, 0.2) is 24.3 Å². The minimum atomic E-state index is -0.802. The quantitative estimate of drug-likeness (QED) is 0.139. The van der Waals surface area contributed by atoms with Crippen LogP contribution in [-0.2, 0) is 25.1 Å². The number of methoxy groups -OCH3 is 1. The fourth-order valence-electron chi connectivity index (χ4n) is 4.13. The van der Waals surface area contributed by atoms with E-state index in [4.69, 9.17) is 9.47 Å². The highest BCUT2D eigenvalue weighted by molar-refractivity contribution is 7.84. The summed E-state index contributed by atoms with van der Waals surface area (Å²) in [6, 6.07) is 0. The van der Waals surface area contributed by atoms with E-state index < -0.39 is 10.8 Å². The van der Waals surface area contributed by atoms with Crippen molar-refractivity contribution in [2.75, 3.05) is 46.2 Å². The van der Waals surface area contributed by atoms with Gasteiger partial charge in [-0.2, -0.15) is 0 Å². The largest absolute Gasteiger partial charge is 0.382 e. The number of allylic oxidation sites excluding steroid dienone is 2. The Bertz CT molecular complexity index is 580. The Morgan fingerprint density at radius 2 is 1.88 bits per heavy atom. The second-order valence-corrected chi connectivity index (χ2v) is 10.4. The van der Waals surface area contributed by atoms with Gasteiger partial charge in [-0.1, -0.05) is 52.8 Å². The number of carbonyl (C=O) groups is 1. The van der Waals surface area contributed by atoms with E-state index in [1.807, 2.05) is 19.9 Å². The summed E-state index contributed by atoms with van der Waals surface area (Å²) in [4.78, 5) is 12.9. The molecule has 0 N–H and O–H groups in total. The van der Waals surface area contributed by atoms with Crippen molar-refractivity contribution >= 4 is 17.1 Å². The molecule has 0 bridgehead atoms. The Hall–Kier alpha value is -0.820. The predicted molar refractivity (Wildman–Crippen MR) is 138 cm³/mol. The topological polar surface area (TPSA) is 55.8 Å². The van der Waals surface area contributed by atoms with E-state index in [1.165, 1.54) is 6.42 Å². The van der Waals surface area contributed by atoms with Crippen LogP contribution in [0.5, 0.6) is 0 Å². The van der Waals surface area contributed by atoms with Crippen molar-refractivity contribution in [3.05, 3.63) is 24.3 Å². The lowest BCUT2D eigenvalue weighted by Crippen LogP contribution is -2.50. The first-order chi connectivity index (χ1) is 15.3. The molecule has 0 aliphatic heterocycles. The van der Waals surface area contributed by atoms with Gasteiger partial charge in [-0.3, -0.25) is 13.9 Å². The molecule has 6 atom stereocenters. The van der Waals surface area contributed by atoms with E-state index in [1.54, 1.807) is 19.4 Å². The fourth-order valence-corrected chi connectivity index (χ4v) is 4.90. The molecule has 5 nitrogen and oxygen atoms in total. The Balaban J connectivity index is 0.00000466. The third kappa shape index (κ3) is 10.9. The molecule has 0 radical (unpaired) electrons. The van der Waals surface area contributed by atoms with Gasteiger partial charge in [-0.05, 0) is 56.6 Å². The van der Waals surface area contributed by atoms with E-state index in [2.05, 4.69) is 44.7 Å². The van der Waals surface area contributed by atoms with E-state index in [0.717, 1.165) is 38.8 Å². The van der Waals surface area contributed by atoms with Crippen LogP contribution in [0.4, 0.5) is 0 Å². The van der Waals surface area contributed by atoms with Gasteiger partial charge in [0.25, 0.3) is 0 Å². The highest BCUT2D eigenvalue weighted by Gasteiger charge is 2.44. The highest BCUT2D eigenvalue weighted by Crippen LogP contribution is 2.45. The number of nitrogens with zero attached hydrogens (tertiary/aromatic N) is 1. The Labute approximate surface area is 200 Å². The van der Waals surface area contributed by atoms with Gasteiger partial charge in [-0.15, -0.1) is 0 Å². The average Bonchev–Trinajstić information content (AvgIpc) is 2.76. The smallest absolute Gasteiger partial charge is 0.142 e. The molecular weight excluding hydrogens is 422 g/mol. The molecule has 0 amide bonds. The van der Waals surface area contributed by atoms with Gasteiger partial charge < -0.3 is 9.47 Å². The molecule has 6 heteroatoms. The molecular formula is C26H49NO4S. The normalized spacial score (nSPS) is 23.3. The minimum absolute atomic E-state index is 0.185. The molecule has 0 heterocycles. The lowest BCUT2D eigenvalue weighted by atomic mass is 9.64. The summed E-state index contributed by atoms with van der Waals surface area (Å²) in [6.07, 6.45) is 13.9. The standard InChI is InChI=1S/C24H43NO4S.C2H6/c1-7-25(15-8-9-16-26)19-22-12-13-23(22)24(4,29-18-17-28-5)14-10-11-20(2)21(3)30(6)27;1-2/h8-10,14,16,20-23H,7,11-13,15,17-19H2,1-6H3;1-2H3/b9-8+,14-10+;/t20?,21?,22?,23?,24-,30?;/m0./s1. The molecule has 1 rings (SSSR count). The number of hydrogen-bond donors (Lipinski definition) is 0. The van der Waals surface area contributed by atoms with Crippen molar-refractivity contribution in [3.8, 4) is 0 Å². The van der Waals surface area contributed by atoms with Gasteiger partial charge in [0.15, 0.2) is 0 Å². The third-order valence-electron chi connectivity index (χ3n) is 6.65. The number of likely N-dealkylation sites (N-methyl/N-ethyl adjacent to an activating group) is 1. The lowest BCUT2D eigenvalue weighted by Gasteiger charge is -2.48. The van der Waals surface area contributed by atoms with Crippen molar-refractivity contribution in [1.29, 1.82) is 0 Å². The van der Waals surface area contributed by atoms with E-state index in [0.29, 0.717) is 31.0 Å². The van der Waals surface area contributed by atoms with Gasteiger partial charge in [0, 0.05) is 42.5 Å². The first-order valence-corrected chi connectivity index (χ1v) is 13.9. The van der Waals surface area contributed by atoms with Crippen molar-refractivity contribution < 1.29 is 18.5 Å². The number of ether oxygens (including phenoxy) is 2. The Morgan fingerprint density at radius 3 is 2.38 bits per heavy atom. The highest BCUT2D eigenvalue weighted by atomic mass is 32.2. The van der Waals surface area contributed by atoms with Gasteiger partial charge in [0.05, 0.1) is 18.8 Å². The van der Waals surface area contributed by atoms with Crippen molar-refractivity contribution in [1.82, 2.24) is 4.90 Å². The molecule has 32 heavy (non-hydrogen) atoms. The van der Waals surface area contributed by atoms with Crippen LogP contribution in [-0.4, -0.2) is 72.5 Å². The van der Waals surface area contributed by atoms with Crippen LogP contribution in [0.2, 0.25) is 0 Å². The van der Waals surface area contributed by atoms with Gasteiger partial charge in [0.2, 0.25) is 0 Å². The van der Waals surface area contributed by atoms with E-state index >= 15 is 0 Å². The lowest BCUT2D eigenvalue weighted by molar-refractivity contribution is -0.104. The minimum Gasteiger partial charge on any atom is -0.382 e. The summed E-state index contributed by atoms with van der Waals surface area (Å²) >= 11 is 0. The van der Waals surface area contributed by atoms with Crippen molar-refractivity contribution in [2.45, 2.75) is 71.7 Å². The summed E-state index contributed by atoms with van der Waals surface area (Å²) in [5, 5.41) is 0.185. The molecule has 1 fully saturated rings. The summed E-state index contributed by atoms with van der Waals surface area (Å²) in [5.41, 5.74) is -0.326. The molecule has 5 unspecified atom stereocenters. The predicted octanol–water partition coefficient (Wildman–Crippen LogP) is 4.89. The first-order valence-electron chi connectivity index (χ1n) is 12.2. The summed E-state index contributed by atoms with van der Waals surface area (Å²) < 4.78 is 23.3. The second-order valence-electron chi connectivity index (χ2n) is 8.70. The zero-order valence-electron chi connectivity index (χ0n) is 21.8. The van der Waals surface area contributed by atoms with Gasteiger partial charge >= 0.3 is 0 Å². The summed E-state index contributed by atoms with van der Waals surface area (Å²) in [7, 11) is 0.895. The molecule has 1 aliphatic rings. The van der Waals surface area contributed by atoms with Crippen LogP contribution in [0, 0.1) is 17.8 Å². The van der Waals surface area contributed by atoms with E-state index in [9.17, 15) is 9.00 Å². The van der Waals surface area contributed by atoms with Crippen LogP contribution < -0.4 is 0 Å². The molecule has 0 aromatic rings. The number of rotatable bonds is 16. The SMILES string of the molecule is CC.CCN(C/C=C/C=O)CC1CCC1[C@](C)(/C=C/CC(C)C(C)S(C)=O)OCCOC. The Morgan fingerprint density at radius 1 is 1.19 bits per heavy atom. The van der Waals surface area contributed by atoms with Crippen LogP contribution in [0.3, 0.4) is 0 Å². The maximum absolute atomic E-state index is 11.8. The van der Waals surface area contributed by atoms with Crippen LogP contribution in [0.25, 0.3) is 0 Å². The monoisotopic (exact) mass is 471 g/mol. The maximum atomic E-state index is 11.8. The second kappa shape index (κ2) is 17.6. The Kier molecular flexibility index (Phi) is 17.2. The molecule has 0 aromatic carbocycles. The molecule has 0 spiro atoms. The van der Waals surface area contributed by atoms with E-state index in [-0.39, 0.29) is 10.9 Å². The average molecular weight is 472 g/mol. The molecule has 0 saturated heterocycles. The third-order valence-corrected chi connectivity index (χ3v) is 8.17. The summed E-state index contributed by atoms with van der Waals surface area (Å²) in [5.74, 6) is 1.40. The van der Waals surface area contributed by atoms with Gasteiger partial charge in [-0.25, -0.2) is 0 Å². The zero-order valence-corrected chi connectivity index (χ0v) is 22.7. The zero-order chi connectivity index (χ0) is 24.6. The molecule has 1 aliphatic carbocycles. The number of hydrogen-bond acceptors (Lipinski definition) is 5.